The van der Waals surface area contributed by atoms with Gasteiger partial charge in [0.25, 0.3) is 5.69 Å². The molecule has 7 heteroatoms. The first-order valence-corrected chi connectivity index (χ1v) is 6.39. The van der Waals surface area contributed by atoms with E-state index in [1.54, 1.807) is 35.0 Å². The molecule has 0 radical (unpaired) electrons. The van der Waals surface area contributed by atoms with Crippen LogP contribution in [0.1, 0.15) is 6.42 Å². The number of anilines is 1. The third-order valence-electron chi connectivity index (χ3n) is 3.38. The van der Waals surface area contributed by atoms with Crippen LogP contribution in [0.2, 0.25) is 0 Å². The molecular formula is C13H17N3O4. The molecule has 20 heavy (non-hydrogen) atoms. The molecule has 0 bridgehead atoms. The lowest BCUT2D eigenvalue weighted by Gasteiger charge is -2.22. The number of β-amino-alcohol motifs (C(OH)–C–C–N with tert-alkyl or cyclic N) is 1. The van der Waals surface area contributed by atoms with Crippen molar-refractivity contribution in [1.29, 1.82) is 0 Å². The fourth-order valence-electron chi connectivity index (χ4n) is 2.30. The van der Waals surface area contributed by atoms with Gasteiger partial charge in [-0.25, -0.2) is 0 Å². The Hall–Kier alpha value is -2.15. The minimum absolute atomic E-state index is 0.0238. The van der Waals surface area contributed by atoms with Crippen LogP contribution in [0.25, 0.3) is 0 Å². The van der Waals surface area contributed by atoms with Crippen LogP contribution in [0.15, 0.2) is 24.3 Å². The first-order valence-electron chi connectivity index (χ1n) is 6.39. The minimum atomic E-state index is -0.463. The molecule has 1 aliphatic heterocycles. The molecule has 1 aromatic rings. The Morgan fingerprint density at radius 2 is 2.25 bits per heavy atom. The maximum Gasteiger partial charge on any atom is 0.292 e. The summed E-state index contributed by atoms with van der Waals surface area (Å²) in [4.78, 5) is 25.7. The highest BCUT2D eigenvalue weighted by Gasteiger charge is 2.26. The van der Waals surface area contributed by atoms with Crippen molar-refractivity contribution in [3.63, 3.8) is 0 Å². The van der Waals surface area contributed by atoms with Crippen molar-refractivity contribution in [2.75, 3.05) is 31.6 Å². The number of carbonyl (C=O) groups excluding carboxylic acids is 1. The molecule has 1 aliphatic rings. The lowest BCUT2D eigenvalue weighted by atomic mass is 10.2. The summed E-state index contributed by atoms with van der Waals surface area (Å²) in [5.74, 6) is -0.137. The molecule has 1 atom stereocenters. The summed E-state index contributed by atoms with van der Waals surface area (Å²) in [7, 11) is 1.65. The Balaban J connectivity index is 2.07. The molecule has 1 aromatic carbocycles. The standard InChI is InChI=1S/C13H17N3O4/c1-14(9-13(18)15-7-6-10(17)8-15)11-4-2-3-5-12(11)16(19)20/h2-5,10,17H,6-9H2,1H3/t10-/m1/s1. The van der Waals surface area contributed by atoms with Crippen molar-refractivity contribution >= 4 is 17.3 Å². The second kappa shape index (κ2) is 5.87. The number of likely N-dealkylation sites (N-methyl/N-ethyl adjacent to an activating group) is 1. The van der Waals surface area contributed by atoms with Crippen LogP contribution in [-0.2, 0) is 4.79 Å². The normalized spacial score (nSPS) is 18.1. The minimum Gasteiger partial charge on any atom is -0.391 e. The van der Waals surface area contributed by atoms with Crippen molar-refractivity contribution in [3.05, 3.63) is 34.4 Å². The second-order valence-electron chi connectivity index (χ2n) is 4.88. The molecule has 0 spiro atoms. The number of hydrogen-bond donors (Lipinski definition) is 1. The molecule has 0 aromatic heterocycles. The Morgan fingerprint density at radius 3 is 2.85 bits per heavy atom. The number of benzene rings is 1. The highest BCUT2D eigenvalue weighted by Crippen LogP contribution is 2.26. The number of amides is 1. The Labute approximate surface area is 116 Å². The third-order valence-corrected chi connectivity index (χ3v) is 3.38. The van der Waals surface area contributed by atoms with E-state index in [1.807, 2.05) is 0 Å². The van der Waals surface area contributed by atoms with E-state index in [0.717, 1.165) is 0 Å². The van der Waals surface area contributed by atoms with Gasteiger partial charge in [0.05, 0.1) is 17.6 Å². The lowest BCUT2D eigenvalue weighted by molar-refractivity contribution is -0.384. The average molecular weight is 279 g/mol. The van der Waals surface area contributed by atoms with E-state index in [-0.39, 0.29) is 18.1 Å². The third kappa shape index (κ3) is 3.05. The first-order chi connectivity index (χ1) is 9.49. The summed E-state index contributed by atoms with van der Waals surface area (Å²) in [6.45, 7) is 0.922. The van der Waals surface area contributed by atoms with Gasteiger partial charge in [-0.2, -0.15) is 0 Å². The fourth-order valence-corrected chi connectivity index (χ4v) is 2.30. The SMILES string of the molecule is CN(CC(=O)N1CC[C@@H](O)C1)c1ccccc1[N+](=O)[O-]. The highest BCUT2D eigenvalue weighted by atomic mass is 16.6. The molecule has 1 fully saturated rings. The van der Waals surface area contributed by atoms with E-state index in [2.05, 4.69) is 0 Å². The average Bonchev–Trinajstić information content (AvgIpc) is 2.85. The number of aliphatic hydroxyl groups is 1. The van der Waals surface area contributed by atoms with Crippen LogP contribution in [0.3, 0.4) is 0 Å². The van der Waals surface area contributed by atoms with E-state index in [4.69, 9.17) is 0 Å². The zero-order valence-electron chi connectivity index (χ0n) is 11.2. The number of rotatable bonds is 4. The Kier molecular flexibility index (Phi) is 4.19. The number of carbonyl (C=O) groups is 1. The largest absolute Gasteiger partial charge is 0.391 e. The molecule has 108 valence electrons. The molecule has 1 N–H and O–H groups in total. The second-order valence-corrected chi connectivity index (χ2v) is 4.88. The molecular weight excluding hydrogens is 262 g/mol. The van der Waals surface area contributed by atoms with Gasteiger partial charge in [0, 0.05) is 26.2 Å². The van der Waals surface area contributed by atoms with Crippen molar-refractivity contribution in [2.24, 2.45) is 0 Å². The molecule has 0 saturated carbocycles. The summed E-state index contributed by atoms with van der Waals surface area (Å²) < 4.78 is 0. The van der Waals surface area contributed by atoms with Gasteiger partial charge in [-0.1, -0.05) is 12.1 Å². The van der Waals surface area contributed by atoms with Crippen LogP contribution in [0.5, 0.6) is 0 Å². The van der Waals surface area contributed by atoms with Gasteiger partial charge in [0.15, 0.2) is 0 Å². The fraction of sp³-hybridized carbons (Fsp3) is 0.462. The number of nitrogens with zero attached hydrogens (tertiary/aromatic N) is 3. The maximum atomic E-state index is 12.1. The molecule has 7 nitrogen and oxygen atoms in total. The number of nitro groups is 1. The Bertz CT molecular complexity index is 520. The molecule has 0 aliphatic carbocycles. The number of nitro benzene ring substituents is 1. The summed E-state index contributed by atoms with van der Waals surface area (Å²) in [6, 6.07) is 6.32. The van der Waals surface area contributed by atoms with Crippen molar-refractivity contribution < 1.29 is 14.8 Å². The molecule has 2 rings (SSSR count). The van der Waals surface area contributed by atoms with Gasteiger partial charge in [0.1, 0.15) is 5.69 Å². The van der Waals surface area contributed by atoms with Crippen LogP contribution >= 0.6 is 0 Å². The Morgan fingerprint density at radius 1 is 1.55 bits per heavy atom. The molecule has 1 amide bonds. The molecule has 1 heterocycles. The van der Waals surface area contributed by atoms with E-state index >= 15 is 0 Å². The lowest BCUT2D eigenvalue weighted by Crippen LogP contribution is -2.38. The first kappa shape index (κ1) is 14.3. The topological polar surface area (TPSA) is 86.9 Å². The van der Waals surface area contributed by atoms with Gasteiger partial charge in [0.2, 0.25) is 5.91 Å². The number of hydrogen-bond acceptors (Lipinski definition) is 5. The van der Waals surface area contributed by atoms with E-state index in [0.29, 0.717) is 25.2 Å². The zero-order valence-corrected chi connectivity index (χ0v) is 11.2. The van der Waals surface area contributed by atoms with Crippen molar-refractivity contribution in [1.82, 2.24) is 4.90 Å². The van der Waals surface area contributed by atoms with Crippen LogP contribution in [0, 0.1) is 10.1 Å². The number of likely N-dealkylation sites (tertiary alicyclic amines) is 1. The predicted molar refractivity (Wildman–Crippen MR) is 73.6 cm³/mol. The molecule has 0 unspecified atom stereocenters. The smallest absolute Gasteiger partial charge is 0.292 e. The van der Waals surface area contributed by atoms with Crippen LogP contribution in [0.4, 0.5) is 11.4 Å². The van der Waals surface area contributed by atoms with Gasteiger partial charge in [-0.3, -0.25) is 14.9 Å². The maximum absolute atomic E-state index is 12.1. The van der Waals surface area contributed by atoms with Crippen molar-refractivity contribution in [2.45, 2.75) is 12.5 Å². The van der Waals surface area contributed by atoms with E-state index < -0.39 is 11.0 Å². The summed E-state index contributed by atoms with van der Waals surface area (Å²) >= 11 is 0. The van der Waals surface area contributed by atoms with Gasteiger partial charge >= 0.3 is 0 Å². The van der Waals surface area contributed by atoms with E-state index in [1.165, 1.54) is 6.07 Å². The zero-order chi connectivity index (χ0) is 14.7. The number of aliphatic hydroxyl groups excluding tert-OH is 1. The van der Waals surface area contributed by atoms with E-state index in [9.17, 15) is 20.0 Å². The van der Waals surface area contributed by atoms with Crippen LogP contribution in [-0.4, -0.2) is 53.6 Å². The van der Waals surface area contributed by atoms with Gasteiger partial charge in [-0.05, 0) is 12.5 Å². The highest BCUT2D eigenvalue weighted by molar-refractivity contribution is 5.82. The summed E-state index contributed by atoms with van der Waals surface area (Å²) in [6.07, 6.45) is 0.122. The van der Waals surface area contributed by atoms with Gasteiger partial charge in [-0.15, -0.1) is 0 Å². The number of para-hydroxylation sites is 2. The van der Waals surface area contributed by atoms with Crippen LogP contribution < -0.4 is 4.90 Å². The summed E-state index contributed by atoms with van der Waals surface area (Å²) in [5, 5.41) is 20.4. The van der Waals surface area contributed by atoms with Crippen molar-refractivity contribution in [3.8, 4) is 0 Å². The predicted octanol–water partition coefficient (Wildman–Crippen LogP) is 0.624. The molecule has 1 saturated heterocycles. The van der Waals surface area contributed by atoms with Gasteiger partial charge < -0.3 is 14.9 Å². The quantitative estimate of drug-likeness (QED) is 0.645. The monoisotopic (exact) mass is 279 g/mol. The summed E-state index contributed by atoms with van der Waals surface area (Å²) in [5.41, 5.74) is 0.384.